The van der Waals surface area contributed by atoms with Gasteiger partial charge in [0, 0.05) is 25.1 Å². The Morgan fingerprint density at radius 1 is 1.32 bits per heavy atom. The highest BCUT2D eigenvalue weighted by Crippen LogP contribution is 2.40. The Bertz CT molecular complexity index is 640. The summed E-state index contributed by atoms with van der Waals surface area (Å²) in [4.78, 5) is 24.6. The van der Waals surface area contributed by atoms with Gasteiger partial charge in [-0.15, -0.1) is 0 Å². The molecule has 1 N–H and O–H groups in total. The predicted molar refractivity (Wildman–Crippen MR) is 93.2 cm³/mol. The molecule has 0 unspecified atom stereocenters. The standard InChI is InChI=1S/C19H25NO5/c1-12(2)25-16-8-6-5-7-14(16)15-11-17(21)20-13(3)18(15)19(22)24-10-9-23-4/h5-8,12,15,18H,3,9-11H2,1-2,4H3,(H,20,21)/t15-,18+/m1/s1. The number of carbonyl (C=O) groups is 2. The second-order valence-corrected chi connectivity index (χ2v) is 6.23. The lowest BCUT2D eigenvalue weighted by molar-refractivity contribution is -0.150. The van der Waals surface area contributed by atoms with E-state index < -0.39 is 11.9 Å². The molecule has 136 valence electrons. The number of esters is 1. The van der Waals surface area contributed by atoms with E-state index in [2.05, 4.69) is 11.9 Å². The fraction of sp³-hybridized carbons (Fsp3) is 0.474. The summed E-state index contributed by atoms with van der Waals surface area (Å²) in [5, 5.41) is 2.65. The van der Waals surface area contributed by atoms with Crippen LogP contribution in [-0.4, -0.2) is 38.3 Å². The molecule has 1 fully saturated rings. The highest BCUT2D eigenvalue weighted by atomic mass is 16.6. The van der Waals surface area contributed by atoms with Crippen LogP contribution in [0.4, 0.5) is 0 Å². The molecule has 1 amide bonds. The molecule has 0 spiro atoms. The lowest BCUT2D eigenvalue weighted by atomic mass is 9.78. The molecule has 6 nitrogen and oxygen atoms in total. The van der Waals surface area contributed by atoms with Crippen LogP contribution in [0.25, 0.3) is 0 Å². The number of amides is 1. The molecule has 0 aromatic heterocycles. The number of nitrogens with one attached hydrogen (secondary N) is 1. The van der Waals surface area contributed by atoms with Gasteiger partial charge in [-0.05, 0) is 25.5 Å². The van der Waals surface area contributed by atoms with Gasteiger partial charge in [-0.1, -0.05) is 24.8 Å². The van der Waals surface area contributed by atoms with Gasteiger partial charge in [0.05, 0.1) is 12.7 Å². The van der Waals surface area contributed by atoms with Gasteiger partial charge >= 0.3 is 5.97 Å². The maximum atomic E-state index is 12.6. The number of hydrogen-bond donors (Lipinski definition) is 1. The molecule has 1 aromatic rings. The molecule has 0 bridgehead atoms. The molecular weight excluding hydrogens is 322 g/mol. The highest BCUT2D eigenvalue weighted by molar-refractivity contribution is 5.87. The minimum absolute atomic E-state index is 0.0196. The van der Waals surface area contributed by atoms with Crippen LogP contribution in [0.5, 0.6) is 5.75 Å². The third kappa shape index (κ3) is 4.82. The van der Waals surface area contributed by atoms with Crippen LogP contribution in [0, 0.1) is 5.92 Å². The van der Waals surface area contributed by atoms with Crippen molar-refractivity contribution < 1.29 is 23.8 Å². The third-order valence-corrected chi connectivity index (χ3v) is 3.95. The van der Waals surface area contributed by atoms with Crippen molar-refractivity contribution in [3.05, 3.63) is 42.1 Å². The van der Waals surface area contributed by atoms with Gasteiger partial charge < -0.3 is 19.5 Å². The second-order valence-electron chi connectivity index (χ2n) is 6.23. The molecule has 0 aliphatic carbocycles. The molecule has 1 aliphatic heterocycles. The Balaban J connectivity index is 2.32. The van der Waals surface area contributed by atoms with E-state index in [0.717, 1.165) is 5.56 Å². The first-order valence-corrected chi connectivity index (χ1v) is 8.33. The van der Waals surface area contributed by atoms with Crippen LogP contribution in [0.3, 0.4) is 0 Å². The summed E-state index contributed by atoms with van der Waals surface area (Å²) in [6, 6.07) is 7.46. The van der Waals surface area contributed by atoms with E-state index in [1.54, 1.807) is 0 Å². The minimum Gasteiger partial charge on any atom is -0.491 e. The molecule has 1 saturated heterocycles. The number of rotatable bonds is 7. The zero-order chi connectivity index (χ0) is 18.4. The molecule has 1 aromatic carbocycles. The number of methoxy groups -OCH3 is 1. The Morgan fingerprint density at radius 3 is 2.72 bits per heavy atom. The van der Waals surface area contributed by atoms with E-state index in [4.69, 9.17) is 14.2 Å². The van der Waals surface area contributed by atoms with Crippen molar-refractivity contribution in [2.75, 3.05) is 20.3 Å². The molecular formula is C19H25NO5. The van der Waals surface area contributed by atoms with Crippen LogP contribution in [0.15, 0.2) is 36.5 Å². The average molecular weight is 347 g/mol. The number of ether oxygens (including phenoxy) is 3. The summed E-state index contributed by atoms with van der Waals surface area (Å²) in [6.07, 6.45) is 0.149. The minimum atomic E-state index is -0.661. The smallest absolute Gasteiger partial charge is 0.315 e. The first kappa shape index (κ1) is 19.0. The van der Waals surface area contributed by atoms with Gasteiger partial charge in [0.15, 0.2) is 0 Å². The molecule has 0 radical (unpaired) electrons. The van der Waals surface area contributed by atoms with Crippen molar-refractivity contribution in [1.82, 2.24) is 5.32 Å². The van der Waals surface area contributed by atoms with Crippen molar-refractivity contribution in [2.45, 2.75) is 32.3 Å². The fourth-order valence-corrected chi connectivity index (χ4v) is 2.93. The monoisotopic (exact) mass is 347 g/mol. The number of hydrogen-bond acceptors (Lipinski definition) is 5. The van der Waals surface area contributed by atoms with Gasteiger partial charge in [0.2, 0.25) is 5.91 Å². The zero-order valence-electron chi connectivity index (χ0n) is 14.9. The summed E-state index contributed by atoms with van der Waals surface area (Å²) in [5.41, 5.74) is 1.16. The summed E-state index contributed by atoms with van der Waals surface area (Å²) in [5.74, 6) is -0.973. The number of para-hydroxylation sites is 1. The quantitative estimate of drug-likeness (QED) is 0.606. The molecule has 6 heteroatoms. The Labute approximate surface area is 148 Å². The van der Waals surface area contributed by atoms with E-state index in [9.17, 15) is 9.59 Å². The van der Waals surface area contributed by atoms with Gasteiger partial charge in [-0.3, -0.25) is 9.59 Å². The number of benzene rings is 1. The zero-order valence-corrected chi connectivity index (χ0v) is 14.9. The molecule has 25 heavy (non-hydrogen) atoms. The van der Waals surface area contributed by atoms with Crippen LogP contribution in [0.2, 0.25) is 0 Å². The van der Waals surface area contributed by atoms with Gasteiger partial charge in [0.25, 0.3) is 0 Å². The Morgan fingerprint density at radius 2 is 2.04 bits per heavy atom. The van der Waals surface area contributed by atoms with E-state index in [1.165, 1.54) is 7.11 Å². The fourth-order valence-electron chi connectivity index (χ4n) is 2.93. The summed E-state index contributed by atoms with van der Waals surface area (Å²) in [7, 11) is 1.54. The first-order chi connectivity index (χ1) is 11.9. The topological polar surface area (TPSA) is 73.9 Å². The lowest BCUT2D eigenvalue weighted by Crippen LogP contribution is -2.41. The predicted octanol–water partition coefficient (Wildman–Crippen LogP) is 2.40. The second kappa shape index (κ2) is 8.67. The maximum Gasteiger partial charge on any atom is 0.315 e. The van der Waals surface area contributed by atoms with Crippen molar-refractivity contribution in [1.29, 1.82) is 0 Å². The first-order valence-electron chi connectivity index (χ1n) is 8.33. The largest absolute Gasteiger partial charge is 0.491 e. The summed E-state index contributed by atoms with van der Waals surface area (Å²) in [6.45, 7) is 8.19. The van der Waals surface area contributed by atoms with Crippen LogP contribution >= 0.6 is 0 Å². The Hall–Kier alpha value is -2.34. The van der Waals surface area contributed by atoms with Gasteiger partial charge in [-0.25, -0.2) is 0 Å². The maximum absolute atomic E-state index is 12.6. The van der Waals surface area contributed by atoms with Crippen molar-refractivity contribution in [2.24, 2.45) is 5.92 Å². The van der Waals surface area contributed by atoms with E-state index in [0.29, 0.717) is 18.1 Å². The molecule has 2 atom stereocenters. The van der Waals surface area contributed by atoms with Crippen molar-refractivity contribution in [3.63, 3.8) is 0 Å². The van der Waals surface area contributed by atoms with Gasteiger partial charge in [0.1, 0.15) is 18.3 Å². The van der Waals surface area contributed by atoms with Crippen molar-refractivity contribution in [3.8, 4) is 5.75 Å². The number of piperidine rings is 1. The SMILES string of the molecule is C=C1NC(=O)C[C@H](c2ccccc2OC(C)C)[C@H]1C(=O)OCCOC. The van der Waals surface area contributed by atoms with E-state index >= 15 is 0 Å². The Kier molecular flexibility index (Phi) is 6.58. The molecule has 1 heterocycles. The highest BCUT2D eigenvalue weighted by Gasteiger charge is 2.40. The van der Waals surface area contributed by atoms with Gasteiger partial charge in [-0.2, -0.15) is 0 Å². The summed E-state index contributed by atoms with van der Waals surface area (Å²) < 4.78 is 16.1. The van der Waals surface area contributed by atoms with Crippen LogP contribution in [0.1, 0.15) is 31.7 Å². The van der Waals surface area contributed by atoms with Crippen LogP contribution < -0.4 is 10.1 Å². The normalized spacial score (nSPS) is 20.3. The molecule has 2 rings (SSSR count). The van der Waals surface area contributed by atoms with E-state index in [1.807, 2.05) is 38.1 Å². The number of carbonyl (C=O) groups excluding carboxylic acids is 2. The summed E-state index contributed by atoms with van der Waals surface area (Å²) >= 11 is 0. The molecule has 0 saturated carbocycles. The van der Waals surface area contributed by atoms with Crippen LogP contribution in [-0.2, 0) is 19.1 Å². The molecule has 1 aliphatic rings. The van der Waals surface area contributed by atoms with E-state index in [-0.39, 0.29) is 31.0 Å². The van der Waals surface area contributed by atoms with Crippen molar-refractivity contribution >= 4 is 11.9 Å². The lowest BCUT2D eigenvalue weighted by Gasteiger charge is -2.33. The third-order valence-electron chi connectivity index (χ3n) is 3.95. The average Bonchev–Trinajstić information content (AvgIpc) is 2.54.